The maximum absolute atomic E-state index is 5.67. The second-order valence-corrected chi connectivity index (χ2v) is 3.98. The van der Waals surface area contributed by atoms with Crippen LogP contribution < -0.4 is 10.5 Å². The molecule has 0 unspecified atom stereocenters. The molecule has 3 nitrogen and oxygen atoms in total. The predicted molar refractivity (Wildman–Crippen MR) is 70.2 cm³/mol. The van der Waals surface area contributed by atoms with E-state index in [1.807, 2.05) is 24.3 Å². The first-order valence-electron chi connectivity index (χ1n) is 6.37. The molecule has 0 aliphatic rings. The van der Waals surface area contributed by atoms with E-state index in [4.69, 9.17) is 15.2 Å². The highest BCUT2D eigenvalue weighted by atomic mass is 16.5. The Morgan fingerprint density at radius 3 is 2.59 bits per heavy atom. The molecule has 0 amide bonds. The number of hydrogen-bond acceptors (Lipinski definition) is 3. The first kappa shape index (κ1) is 14.0. The summed E-state index contributed by atoms with van der Waals surface area (Å²) in [7, 11) is 0. The summed E-state index contributed by atoms with van der Waals surface area (Å²) >= 11 is 0. The lowest BCUT2D eigenvalue weighted by molar-refractivity contribution is 0.117. The minimum absolute atomic E-state index is 0.517. The molecule has 1 aromatic carbocycles. The van der Waals surface area contributed by atoms with Gasteiger partial charge in [0.25, 0.3) is 0 Å². The summed E-state index contributed by atoms with van der Waals surface area (Å²) in [4.78, 5) is 0. The van der Waals surface area contributed by atoms with E-state index < -0.39 is 0 Å². The molecule has 1 aromatic rings. The van der Waals surface area contributed by atoms with Crippen LogP contribution in [-0.4, -0.2) is 19.8 Å². The van der Waals surface area contributed by atoms with Gasteiger partial charge in [0.05, 0.1) is 6.61 Å². The molecule has 0 aliphatic heterocycles. The molecule has 0 radical (unpaired) electrons. The summed E-state index contributed by atoms with van der Waals surface area (Å²) in [6, 6.07) is 7.89. The summed E-state index contributed by atoms with van der Waals surface area (Å²) in [6.07, 6.45) is 3.24. The smallest absolute Gasteiger partial charge is 0.123 e. The molecule has 0 spiro atoms. The van der Waals surface area contributed by atoms with Crippen LogP contribution in [0.1, 0.15) is 31.7 Å². The topological polar surface area (TPSA) is 44.5 Å². The van der Waals surface area contributed by atoms with E-state index in [0.29, 0.717) is 13.2 Å². The number of rotatable bonds is 9. The molecule has 0 saturated carbocycles. The van der Waals surface area contributed by atoms with Gasteiger partial charge < -0.3 is 15.2 Å². The zero-order chi connectivity index (χ0) is 12.3. The Labute approximate surface area is 104 Å². The van der Waals surface area contributed by atoms with Gasteiger partial charge >= 0.3 is 0 Å². The van der Waals surface area contributed by atoms with Gasteiger partial charge in [-0.25, -0.2) is 0 Å². The highest BCUT2D eigenvalue weighted by Crippen LogP contribution is 2.16. The van der Waals surface area contributed by atoms with Crippen LogP contribution in [0, 0.1) is 0 Å². The lowest BCUT2D eigenvalue weighted by Crippen LogP contribution is -2.06. The van der Waals surface area contributed by atoms with Gasteiger partial charge in [-0.3, -0.25) is 0 Å². The highest BCUT2D eigenvalue weighted by Gasteiger charge is 2.00. The average Bonchev–Trinajstić information content (AvgIpc) is 2.38. The second kappa shape index (κ2) is 9.02. The first-order chi connectivity index (χ1) is 8.38. The van der Waals surface area contributed by atoms with Crippen molar-refractivity contribution in [1.82, 2.24) is 0 Å². The van der Waals surface area contributed by atoms with Crippen LogP contribution in [0.4, 0.5) is 0 Å². The zero-order valence-electron chi connectivity index (χ0n) is 10.7. The van der Waals surface area contributed by atoms with Crippen molar-refractivity contribution in [2.45, 2.75) is 32.7 Å². The molecule has 2 N–H and O–H groups in total. The fraction of sp³-hybridized carbons (Fsp3) is 0.571. The molecule has 0 fully saturated rings. The number of unbranched alkanes of at least 4 members (excludes halogenated alkanes) is 1. The van der Waals surface area contributed by atoms with E-state index >= 15 is 0 Å². The molecule has 0 bridgehead atoms. The molecule has 0 aromatic heterocycles. The van der Waals surface area contributed by atoms with Crippen molar-refractivity contribution in [2.24, 2.45) is 5.73 Å². The molecule has 0 atom stereocenters. The largest absolute Gasteiger partial charge is 0.493 e. The fourth-order valence-electron chi connectivity index (χ4n) is 1.50. The maximum atomic E-state index is 5.67. The fourth-order valence-corrected chi connectivity index (χ4v) is 1.50. The lowest BCUT2D eigenvalue weighted by atomic mass is 10.2. The summed E-state index contributed by atoms with van der Waals surface area (Å²) in [5.74, 6) is 0.892. The van der Waals surface area contributed by atoms with Crippen LogP contribution in [0.15, 0.2) is 24.3 Å². The number of nitrogens with two attached hydrogens (primary N) is 1. The minimum atomic E-state index is 0.517. The summed E-state index contributed by atoms with van der Waals surface area (Å²) in [5, 5.41) is 0. The molecule has 17 heavy (non-hydrogen) atoms. The maximum Gasteiger partial charge on any atom is 0.123 e. The Morgan fingerprint density at radius 1 is 1.06 bits per heavy atom. The van der Waals surface area contributed by atoms with Crippen molar-refractivity contribution < 1.29 is 9.47 Å². The van der Waals surface area contributed by atoms with Gasteiger partial charge in [0.1, 0.15) is 5.75 Å². The van der Waals surface area contributed by atoms with E-state index in [2.05, 4.69) is 6.92 Å². The van der Waals surface area contributed by atoms with Crippen molar-refractivity contribution in [3.8, 4) is 5.75 Å². The molecule has 0 aliphatic carbocycles. The number of ether oxygens (including phenoxy) is 2. The molecule has 0 heterocycles. The first-order valence-corrected chi connectivity index (χ1v) is 6.37. The van der Waals surface area contributed by atoms with Crippen LogP contribution >= 0.6 is 0 Å². The molecular formula is C14H23NO2. The monoisotopic (exact) mass is 237 g/mol. The molecule has 96 valence electrons. The standard InChI is InChI=1S/C14H23NO2/c1-2-3-9-16-10-6-11-17-14-8-5-4-7-13(14)12-15/h4-5,7-8H,2-3,6,9-12,15H2,1H3. The van der Waals surface area contributed by atoms with Crippen molar-refractivity contribution in [2.75, 3.05) is 19.8 Å². The van der Waals surface area contributed by atoms with Gasteiger partial charge in [0, 0.05) is 31.7 Å². The zero-order valence-corrected chi connectivity index (χ0v) is 10.7. The Bertz CT molecular complexity index is 302. The lowest BCUT2D eigenvalue weighted by Gasteiger charge is -2.10. The number of para-hydroxylation sites is 1. The number of benzene rings is 1. The van der Waals surface area contributed by atoms with Crippen LogP contribution in [-0.2, 0) is 11.3 Å². The van der Waals surface area contributed by atoms with E-state index in [9.17, 15) is 0 Å². The Balaban J connectivity index is 2.13. The van der Waals surface area contributed by atoms with E-state index in [-0.39, 0.29) is 0 Å². The molecule has 3 heteroatoms. The normalized spacial score (nSPS) is 10.5. The van der Waals surface area contributed by atoms with Gasteiger partial charge in [-0.15, -0.1) is 0 Å². The third-order valence-corrected chi connectivity index (χ3v) is 2.53. The van der Waals surface area contributed by atoms with Gasteiger partial charge in [-0.1, -0.05) is 31.5 Å². The second-order valence-electron chi connectivity index (χ2n) is 3.98. The predicted octanol–water partition coefficient (Wildman–Crippen LogP) is 2.73. The Morgan fingerprint density at radius 2 is 1.82 bits per heavy atom. The van der Waals surface area contributed by atoms with Crippen molar-refractivity contribution in [3.63, 3.8) is 0 Å². The Hall–Kier alpha value is -1.06. The summed E-state index contributed by atoms with van der Waals surface area (Å²) in [5.41, 5.74) is 6.69. The summed E-state index contributed by atoms with van der Waals surface area (Å²) in [6.45, 7) is 4.99. The third kappa shape index (κ3) is 5.71. The molecular weight excluding hydrogens is 214 g/mol. The quantitative estimate of drug-likeness (QED) is 0.672. The van der Waals surface area contributed by atoms with Crippen LogP contribution in [0.2, 0.25) is 0 Å². The van der Waals surface area contributed by atoms with Gasteiger partial charge in [0.15, 0.2) is 0 Å². The van der Waals surface area contributed by atoms with Gasteiger partial charge in [-0.05, 0) is 12.5 Å². The Kier molecular flexibility index (Phi) is 7.43. The van der Waals surface area contributed by atoms with E-state index in [0.717, 1.165) is 37.4 Å². The molecule has 1 rings (SSSR count). The third-order valence-electron chi connectivity index (χ3n) is 2.53. The average molecular weight is 237 g/mol. The van der Waals surface area contributed by atoms with Crippen molar-refractivity contribution in [3.05, 3.63) is 29.8 Å². The van der Waals surface area contributed by atoms with Crippen LogP contribution in [0.5, 0.6) is 5.75 Å². The van der Waals surface area contributed by atoms with E-state index in [1.54, 1.807) is 0 Å². The minimum Gasteiger partial charge on any atom is -0.493 e. The molecule has 0 saturated heterocycles. The van der Waals surface area contributed by atoms with Gasteiger partial charge in [-0.2, -0.15) is 0 Å². The van der Waals surface area contributed by atoms with Crippen LogP contribution in [0.3, 0.4) is 0 Å². The van der Waals surface area contributed by atoms with Crippen molar-refractivity contribution in [1.29, 1.82) is 0 Å². The highest BCUT2D eigenvalue weighted by molar-refractivity contribution is 5.32. The van der Waals surface area contributed by atoms with E-state index in [1.165, 1.54) is 6.42 Å². The van der Waals surface area contributed by atoms with Crippen LogP contribution in [0.25, 0.3) is 0 Å². The SMILES string of the molecule is CCCCOCCCOc1ccccc1CN. The van der Waals surface area contributed by atoms with Crippen molar-refractivity contribution >= 4 is 0 Å². The summed E-state index contributed by atoms with van der Waals surface area (Å²) < 4.78 is 11.1. The number of hydrogen-bond donors (Lipinski definition) is 1. The van der Waals surface area contributed by atoms with Gasteiger partial charge in [0.2, 0.25) is 0 Å².